The molecule has 4 aromatic rings. The molecule has 6 heteroatoms. The highest BCUT2D eigenvalue weighted by Crippen LogP contribution is 2.31. The third-order valence-corrected chi connectivity index (χ3v) is 4.37. The molecule has 0 aliphatic rings. The number of nitrogens with one attached hydrogen (secondary N) is 1. The van der Waals surface area contributed by atoms with Gasteiger partial charge in [-0.3, -0.25) is 4.79 Å². The fourth-order valence-corrected chi connectivity index (χ4v) is 2.98. The Morgan fingerprint density at radius 3 is 2.43 bits per heavy atom. The molecule has 4 rings (SSSR count). The van der Waals surface area contributed by atoms with E-state index in [-0.39, 0.29) is 12.5 Å². The van der Waals surface area contributed by atoms with Gasteiger partial charge in [-0.1, -0.05) is 60.7 Å². The van der Waals surface area contributed by atoms with E-state index in [9.17, 15) is 4.79 Å². The Labute approximate surface area is 174 Å². The van der Waals surface area contributed by atoms with Crippen LogP contribution in [0.25, 0.3) is 16.9 Å². The zero-order chi connectivity index (χ0) is 20.6. The quantitative estimate of drug-likeness (QED) is 0.378. The van der Waals surface area contributed by atoms with E-state index in [4.69, 9.17) is 4.74 Å². The molecule has 0 atom stereocenters. The summed E-state index contributed by atoms with van der Waals surface area (Å²) in [5, 5.41) is 8.39. The third-order valence-electron chi connectivity index (χ3n) is 4.37. The van der Waals surface area contributed by atoms with Gasteiger partial charge in [-0.05, 0) is 35.9 Å². The molecule has 0 radical (unpaired) electrons. The van der Waals surface area contributed by atoms with Crippen LogP contribution in [-0.4, -0.2) is 28.5 Å². The van der Waals surface area contributed by atoms with Crippen molar-refractivity contribution in [3.63, 3.8) is 0 Å². The lowest BCUT2D eigenvalue weighted by Crippen LogP contribution is -2.24. The average molecular weight is 396 g/mol. The van der Waals surface area contributed by atoms with Crippen molar-refractivity contribution in [2.75, 3.05) is 6.61 Å². The van der Waals surface area contributed by atoms with E-state index in [1.165, 1.54) is 0 Å². The number of nitrogens with zero attached hydrogens (tertiary/aromatic N) is 3. The lowest BCUT2D eigenvalue weighted by Gasteiger charge is -2.12. The molecule has 0 unspecified atom stereocenters. The van der Waals surface area contributed by atoms with Crippen molar-refractivity contribution < 1.29 is 9.53 Å². The zero-order valence-electron chi connectivity index (χ0n) is 16.2. The van der Waals surface area contributed by atoms with Crippen LogP contribution in [-0.2, 0) is 4.79 Å². The second-order valence-corrected chi connectivity index (χ2v) is 6.45. The minimum absolute atomic E-state index is 0.150. The van der Waals surface area contributed by atoms with E-state index in [2.05, 4.69) is 15.6 Å². The van der Waals surface area contributed by atoms with Gasteiger partial charge in [0.05, 0.1) is 23.8 Å². The van der Waals surface area contributed by atoms with Crippen LogP contribution >= 0.6 is 0 Å². The molecule has 0 bridgehead atoms. The van der Waals surface area contributed by atoms with Crippen molar-refractivity contribution in [2.24, 2.45) is 5.10 Å². The zero-order valence-corrected chi connectivity index (χ0v) is 16.2. The Bertz CT molecular complexity index is 1140. The summed E-state index contributed by atoms with van der Waals surface area (Å²) in [6.45, 7) is -0.150. The molecule has 6 nitrogen and oxygen atoms in total. The first-order valence-electron chi connectivity index (χ1n) is 9.50. The van der Waals surface area contributed by atoms with E-state index in [0.717, 1.165) is 22.5 Å². The Morgan fingerprint density at radius 1 is 0.933 bits per heavy atom. The van der Waals surface area contributed by atoms with Gasteiger partial charge >= 0.3 is 0 Å². The third kappa shape index (κ3) is 4.62. The highest BCUT2D eigenvalue weighted by Gasteiger charge is 2.13. The van der Waals surface area contributed by atoms with E-state index < -0.39 is 0 Å². The summed E-state index contributed by atoms with van der Waals surface area (Å²) < 4.78 is 7.63. The first-order valence-corrected chi connectivity index (χ1v) is 9.50. The Morgan fingerprint density at radius 2 is 1.63 bits per heavy atom. The summed E-state index contributed by atoms with van der Waals surface area (Å²) >= 11 is 0. The summed E-state index contributed by atoms with van der Waals surface area (Å²) in [4.78, 5) is 12.1. The second kappa shape index (κ2) is 9.34. The van der Waals surface area contributed by atoms with Crippen molar-refractivity contribution in [1.29, 1.82) is 0 Å². The SMILES string of the molecule is O=C(COc1ccccc1-c1ccnn1-c1ccccc1)N/N=C/c1ccccc1. The van der Waals surface area contributed by atoms with Crippen molar-refractivity contribution >= 4 is 12.1 Å². The minimum atomic E-state index is -0.339. The maximum Gasteiger partial charge on any atom is 0.277 e. The molecule has 148 valence electrons. The Hall–Kier alpha value is -4.19. The van der Waals surface area contributed by atoms with Crippen LogP contribution in [0, 0.1) is 0 Å². The number of amides is 1. The van der Waals surface area contributed by atoms with Crippen molar-refractivity contribution in [1.82, 2.24) is 15.2 Å². The molecule has 1 heterocycles. The van der Waals surface area contributed by atoms with Crippen molar-refractivity contribution in [2.45, 2.75) is 0 Å². The summed E-state index contributed by atoms with van der Waals surface area (Å²) in [6, 6.07) is 28.9. The Balaban J connectivity index is 1.45. The van der Waals surface area contributed by atoms with E-state index in [1.54, 1.807) is 12.4 Å². The molecular formula is C24H20N4O2. The van der Waals surface area contributed by atoms with Crippen molar-refractivity contribution in [3.8, 4) is 22.7 Å². The highest BCUT2D eigenvalue weighted by atomic mass is 16.5. The number of hydrogen-bond donors (Lipinski definition) is 1. The summed E-state index contributed by atoms with van der Waals surface area (Å²) in [7, 11) is 0. The smallest absolute Gasteiger partial charge is 0.277 e. The number of benzene rings is 3. The molecule has 30 heavy (non-hydrogen) atoms. The van der Waals surface area contributed by atoms with Crippen LogP contribution in [0.3, 0.4) is 0 Å². The molecule has 0 aliphatic carbocycles. The molecule has 0 fully saturated rings. The molecule has 0 spiro atoms. The van der Waals surface area contributed by atoms with Gasteiger partial charge in [0.25, 0.3) is 5.91 Å². The van der Waals surface area contributed by atoms with Crippen LogP contribution in [0.4, 0.5) is 0 Å². The number of hydrogen-bond acceptors (Lipinski definition) is 4. The number of carbonyl (C=O) groups excluding carboxylic acids is 1. The van der Waals surface area contributed by atoms with Gasteiger partial charge < -0.3 is 4.74 Å². The number of hydrazone groups is 1. The van der Waals surface area contributed by atoms with Gasteiger partial charge in [-0.25, -0.2) is 10.1 Å². The first-order chi connectivity index (χ1) is 14.8. The number of ether oxygens (including phenoxy) is 1. The van der Waals surface area contributed by atoms with Crippen LogP contribution in [0.2, 0.25) is 0 Å². The normalized spacial score (nSPS) is 10.8. The summed E-state index contributed by atoms with van der Waals surface area (Å²) in [5.41, 5.74) is 6.05. The maximum atomic E-state index is 12.1. The molecular weight excluding hydrogens is 376 g/mol. The van der Waals surface area contributed by atoms with E-state index in [0.29, 0.717) is 5.75 Å². The van der Waals surface area contributed by atoms with Gasteiger partial charge in [0, 0.05) is 5.56 Å². The van der Waals surface area contributed by atoms with Gasteiger partial charge in [-0.15, -0.1) is 0 Å². The molecule has 0 aliphatic heterocycles. The lowest BCUT2D eigenvalue weighted by atomic mass is 10.1. The summed E-state index contributed by atoms with van der Waals surface area (Å²) in [5.74, 6) is 0.255. The predicted molar refractivity (Wildman–Crippen MR) is 117 cm³/mol. The maximum absolute atomic E-state index is 12.1. The van der Waals surface area contributed by atoms with Crippen LogP contribution in [0.15, 0.2) is 102 Å². The average Bonchev–Trinajstić information content (AvgIpc) is 3.29. The lowest BCUT2D eigenvalue weighted by molar-refractivity contribution is -0.123. The number of rotatable bonds is 7. The highest BCUT2D eigenvalue weighted by molar-refractivity contribution is 5.83. The molecule has 1 amide bonds. The van der Waals surface area contributed by atoms with E-state index in [1.807, 2.05) is 95.7 Å². The van der Waals surface area contributed by atoms with Gasteiger partial charge in [-0.2, -0.15) is 10.2 Å². The fourth-order valence-electron chi connectivity index (χ4n) is 2.98. The van der Waals surface area contributed by atoms with Gasteiger partial charge in [0.2, 0.25) is 0 Å². The monoisotopic (exact) mass is 396 g/mol. The molecule has 3 aromatic carbocycles. The van der Waals surface area contributed by atoms with Crippen LogP contribution in [0.5, 0.6) is 5.75 Å². The molecule has 1 N–H and O–H groups in total. The van der Waals surface area contributed by atoms with E-state index >= 15 is 0 Å². The Kier molecular flexibility index (Phi) is 5.96. The van der Waals surface area contributed by atoms with Crippen molar-refractivity contribution in [3.05, 3.63) is 103 Å². The fraction of sp³-hybridized carbons (Fsp3) is 0.0417. The van der Waals surface area contributed by atoms with Gasteiger partial charge in [0.15, 0.2) is 6.61 Å². The topological polar surface area (TPSA) is 68.5 Å². The number of aromatic nitrogens is 2. The number of carbonyl (C=O) groups is 1. The molecule has 1 aromatic heterocycles. The largest absolute Gasteiger partial charge is 0.483 e. The predicted octanol–water partition coefficient (Wildman–Crippen LogP) is 4.07. The van der Waals surface area contributed by atoms with Crippen LogP contribution < -0.4 is 10.2 Å². The first kappa shape index (κ1) is 19.1. The standard InChI is InChI=1S/C24H20N4O2/c29-24(27-25-17-19-9-3-1-4-10-19)18-30-23-14-8-7-13-21(23)22-15-16-26-28(22)20-11-5-2-6-12-20/h1-17H,18H2,(H,27,29)/b25-17+. The molecule has 0 saturated carbocycles. The van der Waals surface area contributed by atoms with Gasteiger partial charge in [0.1, 0.15) is 5.75 Å². The minimum Gasteiger partial charge on any atom is -0.483 e. The molecule has 0 saturated heterocycles. The summed E-state index contributed by atoms with van der Waals surface area (Å²) in [6.07, 6.45) is 3.33. The van der Waals surface area contributed by atoms with Crippen LogP contribution in [0.1, 0.15) is 5.56 Å². The second-order valence-electron chi connectivity index (χ2n) is 6.45. The number of para-hydroxylation sites is 2.